The van der Waals surface area contributed by atoms with Crippen molar-refractivity contribution in [3.05, 3.63) is 11.1 Å². The second kappa shape index (κ2) is 10.4. The van der Waals surface area contributed by atoms with E-state index in [4.69, 9.17) is 0 Å². The first-order chi connectivity index (χ1) is 16.5. The zero-order valence-corrected chi connectivity index (χ0v) is 24.7. The van der Waals surface area contributed by atoms with Gasteiger partial charge < -0.3 is 0 Å². The Hall–Kier alpha value is -0.350. The van der Waals surface area contributed by atoms with Gasteiger partial charge in [0.15, 0.2) is 0 Å². The van der Waals surface area contributed by atoms with Crippen molar-refractivity contribution in [1.29, 1.82) is 0 Å². The molecule has 0 amide bonds. The van der Waals surface area contributed by atoms with Gasteiger partial charge in [0, 0.05) is 0 Å². The van der Waals surface area contributed by atoms with E-state index in [0.29, 0.717) is 11.8 Å². The van der Waals surface area contributed by atoms with Crippen molar-refractivity contribution in [2.24, 2.45) is 17.3 Å². The molecule has 3 nitrogen and oxygen atoms in total. The molecule has 3 fully saturated rings. The van der Waals surface area contributed by atoms with Crippen LogP contribution in [0.4, 0.5) is 0 Å². The number of piperidine rings is 1. The predicted molar refractivity (Wildman–Crippen MR) is 149 cm³/mol. The molecule has 4 aliphatic rings. The molecule has 0 radical (unpaired) electrons. The molecule has 0 aromatic heterocycles. The van der Waals surface area contributed by atoms with Gasteiger partial charge in [-0.2, -0.15) is 4.31 Å². The van der Waals surface area contributed by atoms with Crippen molar-refractivity contribution in [3.8, 4) is 0 Å². The van der Waals surface area contributed by atoms with Crippen LogP contribution in [0.5, 0.6) is 0 Å². The standard InChI is InChI=1S/C31H55NO2S/c1-24-25(2)31(6)29(3,4)27-22-18-14-11-15-19-23-28(27)30(24,5)32(31)35(33,34)26-20-16-12-9-7-8-10-13-17-21-26/h26-28H,7-23H2,1-6H3. The van der Waals surface area contributed by atoms with Crippen molar-refractivity contribution < 1.29 is 8.42 Å². The van der Waals surface area contributed by atoms with E-state index in [2.05, 4.69) is 45.8 Å². The minimum absolute atomic E-state index is 0.0795. The summed E-state index contributed by atoms with van der Waals surface area (Å²) in [6, 6.07) is 0. The molecule has 0 spiro atoms. The van der Waals surface area contributed by atoms with Gasteiger partial charge in [-0.25, -0.2) is 8.42 Å². The summed E-state index contributed by atoms with van der Waals surface area (Å²) >= 11 is 0. The third-order valence-corrected chi connectivity index (χ3v) is 14.3. The van der Waals surface area contributed by atoms with Gasteiger partial charge in [-0.1, -0.05) is 108 Å². The van der Waals surface area contributed by atoms with E-state index in [9.17, 15) is 8.42 Å². The van der Waals surface area contributed by atoms with E-state index in [1.54, 1.807) is 0 Å². The molecule has 0 N–H and O–H groups in total. The summed E-state index contributed by atoms with van der Waals surface area (Å²) in [5, 5.41) is -0.221. The lowest BCUT2D eigenvalue weighted by Gasteiger charge is -2.64. The Morgan fingerprint density at radius 3 is 1.49 bits per heavy atom. The lowest BCUT2D eigenvalue weighted by Crippen LogP contribution is -2.72. The fraction of sp³-hybridized carbons (Fsp3) is 0.935. The lowest BCUT2D eigenvalue weighted by atomic mass is 9.53. The Kier molecular flexibility index (Phi) is 8.25. The van der Waals surface area contributed by atoms with E-state index in [0.717, 1.165) is 25.7 Å². The maximum Gasteiger partial charge on any atom is 0.218 e. The third-order valence-electron chi connectivity index (χ3n) is 11.8. The van der Waals surface area contributed by atoms with Gasteiger partial charge in [-0.3, -0.25) is 0 Å². The van der Waals surface area contributed by atoms with Gasteiger partial charge >= 0.3 is 0 Å². The van der Waals surface area contributed by atoms with E-state index < -0.39 is 15.6 Å². The molecule has 2 bridgehead atoms. The average Bonchev–Trinajstić information content (AvgIpc) is 3.00. The Morgan fingerprint density at radius 1 is 0.600 bits per heavy atom. The summed E-state index contributed by atoms with van der Waals surface area (Å²) < 4.78 is 32.0. The number of hydrogen-bond acceptors (Lipinski definition) is 2. The fourth-order valence-corrected chi connectivity index (χ4v) is 12.1. The van der Waals surface area contributed by atoms with Crippen LogP contribution < -0.4 is 0 Å². The molecule has 2 aliphatic carbocycles. The fourth-order valence-electron chi connectivity index (χ4n) is 9.16. The highest BCUT2D eigenvalue weighted by Crippen LogP contribution is 2.68. The minimum atomic E-state index is -3.44. The van der Waals surface area contributed by atoms with Gasteiger partial charge in [0.05, 0.1) is 16.3 Å². The van der Waals surface area contributed by atoms with Crippen molar-refractivity contribution >= 4 is 10.0 Å². The molecule has 2 aliphatic heterocycles. The number of rotatable bonds is 2. The van der Waals surface area contributed by atoms with E-state index in [1.165, 1.54) is 94.6 Å². The van der Waals surface area contributed by atoms with Gasteiger partial charge in [-0.05, 0) is 70.6 Å². The topological polar surface area (TPSA) is 37.4 Å². The van der Waals surface area contributed by atoms with Crippen LogP contribution in [-0.2, 0) is 10.0 Å². The summed E-state index contributed by atoms with van der Waals surface area (Å²) in [6.07, 6.45) is 20.3. The van der Waals surface area contributed by atoms with Gasteiger partial charge in [-0.15, -0.1) is 0 Å². The first-order valence-corrected chi connectivity index (χ1v) is 16.7. The van der Waals surface area contributed by atoms with E-state index in [1.807, 2.05) is 0 Å². The summed E-state index contributed by atoms with van der Waals surface area (Å²) in [5.74, 6) is 0.987. The molecular weight excluding hydrogens is 450 g/mol. The monoisotopic (exact) mass is 505 g/mol. The molecule has 35 heavy (non-hydrogen) atoms. The molecule has 2 saturated carbocycles. The average molecular weight is 506 g/mol. The second-order valence-electron chi connectivity index (χ2n) is 13.6. The van der Waals surface area contributed by atoms with E-state index >= 15 is 0 Å². The highest BCUT2D eigenvalue weighted by atomic mass is 32.2. The van der Waals surface area contributed by atoms with Crippen LogP contribution in [-0.4, -0.2) is 29.1 Å². The molecular formula is C31H55NO2S. The lowest BCUT2D eigenvalue weighted by molar-refractivity contribution is -0.101. The number of fused-ring (bicyclic) bond motifs is 4. The van der Waals surface area contributed by atoms with Crippen LogP contribution in [0, 0.1) is 17.3 Å². The Morgan fingerprint density at radius 2 is 1.00 bits per heavy atom. The number of sulfonamides is 1. The van der Waals surface area contributed by atoms with Crippen LogP contribution in [0.25, 0.3) is 0 Å². The van der Waals surface area contributed by atoms with Gasteiger partial charge in [0.2, 0.25) is 10.0 Å². The normalized spacial score (nSPS) is 38.7. The molecule has 4 heteroatoms. The van der Waals surface area contributed by atoms with Crippen molar-refractivity contribution in [2.45, 2.75) is 167 Å². The zero-order valence-electron chi connectivity index (χ0n) is 23.9. The quantitative estimate of drug-likeness (QED) is 0.352. The first-order valence-electron chi connectivity index (χ1n) is 15.2. The van der Waals surface area contributed by atoms with Crippen LogP contribution >= 0.6 is 0 Å². The largest absolute Gasteiger partial charge is 0.218 e. The van der Waals surface area contributed by atoms with Crippen LogP contribution in [0.2, 0.25) is 0 Å². The molecule has 2 heterocycles. The summed E-state index contributed by atoms with van der Waals surface area (Å²) in [4.78, 5) is 0. The molecule has 4 unspecified atom stereocenters. The Balaban J connectivity index is 1.80. The van der Waals surface area contributed by atoms with Gasteiger partial charge in [0.25, 0.3) is 0 Å². The predicted octanol–water partition coefficient (Wildman–Crippen LogP) is 8.79. The first kappa shape index (κ1) is 27.7. The summed E-state index contributed by atoms with van der Waals surface area (Å²) in [7, 11) is -3.44. The van der Waals surface area contributed by atoms with Crippen molar-refractivity contribution in [3.63, 3.8) is 0 Å². The van der Waals surface area contributed by atoms with Crippen LogP contribution in [0.1, 0.15) is 151 Å². The van der Waals surface area contributed by atoms with Gasteiger partial charge in [0.1, 0.15) is 0 Å². The summed E-state index contributed by atoms with van der Waals surface area (Å²) in [5.41, 5.74) is 1.81. The van der Waals surface area contributed by atoms with Crippen molar-refractivity contribution in [1.82, 2.24) is 4.31 Å². The van der Waals surface area contributed by atoms with Crippen LogP contribution in [0.15, 0.2) is 11.1 Å². The smallest absolute Gasteiger partial charge is 0.212 e. The highest BCUT2D eigenvalue weighted by molar-refractivity contribution is 7.89. The molecule has 0 aromatic carbocycles. The molecule has 4 atom stereocenters. The second-order valence-corrected chi connectivity index (χ2v) is 15.6. The summed E-state index contributed by atoms with van der Waals surface area (Å²) in [6.45, 7) is 14.0. The minimum Gasteiger partial charge on any atom is -0.212 e. The SMILES string of the molecule is CC1=C(C)C2(C)N(S(=O)(=O)C3CCCCCCCCCC3)C1(C)C1CCCCCCCC1C2(C)C. The molecule has 202 valence electrons. The highest BCUT2D eigenvalue weighted by Gasteiger charge is 2.72. The molecule has 1 saturated heterocycles. The number of hydrogen-bond donors (Lipinski definition) is 0. The Labute approximate surface area is 217 Å². The maximum atomic E-state index is 14.9. The molecule has 0 aromatic rings. The third kappa shape index (κ3) is 4.39. The molecule has 4 rings (SSSR count). The zero-order chi connectivity index (χ0) is 25.5. The van der Waals surface area contributed by atoms with Crippen LogP contribution in [0.3, 0.4) is 0 Å². The van der Waals surface area contributed by atoms with Crippen molar-refractivity contribution in [2.75, 3.05) is 0 Å². The number of nitrogens with zero attached hydrogens (tertiary/aromatic N) is 1. The van der Waals surface area contributed by atoms with E-state index in [-0.39, 0.29) is 16.2 Å². The maximum absolute atomic E-state index is 14.9. The Bertz CT molecular complexity index is 878.